The number of carboxylic acids is 1. The molecule has 5 unspecified atom stereocenters. The molecule has 1 fully saturated rings. The normalized spacial score (nSPS) is 28.7. The highest BCUT2D eigenvalue weighted by Gasteiger charge is 2.49. The molecule has 3 aliphatic heterocycles. The number of hydrogen-bond acceptors (Lipinski definition) is 5. The summed E-state index contributed by atoms with van der Waals surface area (Å²) in [7, 11) is 0. The number of fused-ring (bicyclic) bond motifs is 8. The number of rotatable bonds is 2. The van der Waals surface area contributed by atoms with Gasteiger partial charge in [0.15, 0.2) is 5.69 Å². The van der Waals surface area contributed by atoms with Crippen molar-refractivity contribution < 1.29 is 20.3 Å². The van der Waals surface area contributed by atoms with Gasteiger partial charge in [-0.15, -0.1) is 0 Å². The maximum absolute atomic E-state index is 12.3. The summed E-state index contributed by atoms with van der Waals surface area (Å²) in [5.41, 5.74) is 2.84. The van der Waals surface area contributed by atoms with Crippen LogP contribution in [0, 0.1) is 17.0 Å². The predicted octanol–water partition coefficient (Wildman–Crippen LogP) is 0.501. The lowest BCUT2D eigenvalue weighted by molar-refractivity contribution is -0.991. The number of hydrogen-bond donors (Lipinski definition) is 3. The molecule has 2 aromatic rings. The molecule has 0 spiro atoms. The number of carbonyl (C=O) groups is 1. The van der Waals surface area contributed by atoms with Crippen LogP contribution in [0.4, 0.5) is 11.4 Å². The number of benzene rings is 1. The van der Waals surface area contributed by atoms with Crippen LogP contribution in [0.1, 0.15) is 23.6 Å². The minimum Gasteiger partial charge on any atom is -0.595 e. The van der Waals surface area contributed by atoms with Crippen LogP contribution in [0.15, 0.2) is 41.2 Å². The molecule has 146 valence electrons. The minimum atomic E-state index is -1.01. The lowest BCUT2D eigenvalue weighted by Crippen LogP contribution is -2.99. The van der Waals surface area contributed by atoms with Crippen molar-refractivity contribution in [2.45, 2.75) is 31.3 Å². The lowest BCUT2D eigenvalue weighted by atomic mass is 9.70. The third-order valence-electron chi connectivity index (χ3n) is 6.57. The van der Waals surface area contributed by atoms with Crippen molar-refractivity contribution in [3.05, 3.63) is 63.2 Å². The molecule has 1 aromatic carbocycles. The molecule has 8 nitrogen and oxygen atoms in total. The van der Waals surface area contributed by atoms with E-state index in [1.54, 1.807) is 28.8 Å². The number of aromatic nitrogens is 1. The van der Waals surface area contributed by atoms with E-state index in [2.05, 4.69) is 4.90 Å². The maximum atomic E-state index is 12.3. The van der Waals surface area contributed by atoms with E-state index in [4.69, 9.17) is 0 Å². The van der Waals surface area contributed by atoms with Crippen molar-refractivity contribution in [1.29, 1.82) is 0 Å². The molecule has 0 radical (unpaired) electrons. The molecule has 4 heterocycles. The zero-order chi connectivity index (χ0) is 19.6. The zero-order valence-corrected chi connectivity index (χ0v) is 15.1. The molecule has 2 bridgehead atoms. The number of anilines is 1. The smallest absolute Gasteiger partial charge is 0.308 e. The van der Waals surface area contributed by atoms with E-state index in [0.717, 1.165) is 23.4 Å². The van der Waals surface area contributed by atoms with Gasteiger partial charge in [-0.25, -0.2) is 5.21 Å². The van der Waals surface area contributed by atoms with E-state index in [9.17, 15) is 25.1 Å². The van der Waals surface area contributed by atoms with Crippen LogP contribution >= 0.6 is 0 Å². The lowest BCUT2D eigenvalue weighted by Gasteiger charge is -2.53. The first kappa shape index (κ1) is 17.4. The van der Waals surface area contributed by atoms with E-state index < -0.39 is 17.1 Å². The van der Waals surface area contributed by atoms with E-state index in [-0.39, 0.29) is 29.1 Å². The third-order valence-corrected chi connectivity index (χ3v) is 6.57. The molecule has 0 saturated carbocycles. The first-order valence-electron chi connectivity index (χ1n) is 9.49. The van der Waals surface area contributed by atoms with Crippen molar-refractivity contribution in [3.63, 3.8) is 0 Å². The maximum Gasteiger partial charge on any atom is 0.308 e. The van der Waals surface area contributed by atoms with Gasteiger partial charge in [0.25, 0.3) is 5.56 Å². The second kappa shape index (κ2) is 6.16. The van der Waals surface area contributed by atoms with Gasteiger partial charge in [0.05, 0.1) is 5.92 Å². The number of aliphatic carboxylic acids is 1. The molecule has 5 rings (SSSR count). The number of nitrogens with zero attached hydrogens (tertiary/aromatic N) is 2. The second-order valence-electron chi connectivity index (χ2n) is 8.03. The highest BCUT2D eigenvalue weighted by molar-refractivity contribution is 5.76. The fourth-order valence-corrected chi connectivity index (χ4v) is 5.47. The molecule has 28 heavy (non-hydrogen) atoms. The summed E-state index contributed by atoms with van der Waals surface area (Å²) in [6.45, 7) is 1.16. The number of carboxylic acid groups (broad SMARTS) is 1. The number of piperidine rings is 1. The molecular weight excluding hydrogens is 362 g/mol. The van der Waals surface area contributed by atoms with Crippen molar-refractivity contribution in [2.75, 3.05) is 11.4 Å². The fourth-order valence-electron chi connectivity index (χ4n) is 5.47. The average Bonchev–Trinajstić information content (AvgIpc) is 2.67. The monoisotopic (exact) mass is 383 g/mol. The fraction of sp³-hybridized carbons (Fsp3) is 0.400. The van der Waals surface area contributed by atoms with Crippen LogP contribution in [0.3, 0.4) is 0 Å². The summed E-state index contributed by atoms with van der Waals surface area (Å²) in [4.78, 5) is 26.6. The topological polar surface area (TPSA) is 110 Å². The Balaban J connectivity index is 1.63. The van der Waals surface area contributed by atoms with Crippen molar-refractivity contribution in [1.82, 2.24) is 4.57 Å². The van der Waals surface area contributed by atoms with Gasteiger partial charge in [0.2, 0.25) is 0 Å². The molecule has 0 aliphatic carbocycles. The Kier molecular flexibility index (Phi) is 3.84. The molecule has 3 aliphatic rings. The van der Waals surface area contributed by atoms with Crippen LogP contribution in [0.2, 0.25) is 0 Å². The summed E-state index contributed by atoms with van der Waals surface area (Å²) in [6.07, 6.45) is 1.18. The predicted molar refractivity (Wildman–Crippen MR) is 99.7 cm³/mol. The quantitative estimate of drug-likeness (QED) is 0.652. The van der Waals surface area contributed by atoms with Crippen LogP contribution < -0.4 is 15.7 Å². The third kappa shape index (κ3) is 2.49. The standard InChI is InChI=1S/C20H21N3O5/c24-18-3-1-2-16-12-6-13(10-21(16)18)19-15(20(25)26)8-11-7-14(23(27)28)4-5-17(11)22(19)9-12/h1-5,7,12-13,15,19,23,27H,6,8-10H2,(H,25,26). The Morgan fingerprint density at radius 2 is 2.04 bits per heavy atom. The molecular formula is C20H21N3O5. The van der Waals surface area contributed by atoms with Gasteiger partial charge < -0.3 is 19.8 Å². The first-order chi connectivity index (χ1) is 13.4. The summed E-state index contributed by atoms with van der Waals surface area (Å²) >= 11 is 0. The van der Waals surface area contributed by atoms with Crippen molar-refractivity contribution in [3.8, 4) is 0 Å². The average molecular weight is 383 g/mol. The Hall–Kier alpha value is -2.68. The van der Waals surface area contributed by atoms with Gasteiger partial charge >= 0.3 is 5.97 Å². The Morgan fingerprint density at radius 1 is 1.21 bits per heavy atom. The summed E-state index contributed by atoms with van der Waals surface area (Å²) in [5, 5.41) is 29.6. The van der Waals surface area contributed by atoms with Crippen LogP contribution in [-0.4, -0.2) is 33.4 Å². The Labute approximate surface area is 160 Å². The Morgan fingerprint density at radius 3 is 2.79 bits per heavy atom. The number of pyridine rings is 1. The van der Waals surface area contributed by atoms with Crippen LogP contribution in [0.5, 0.6) is 0 Å². The highest BCUT2D eigenvalue weighted by Crippen LogP contribution is 2.47. The van der Waals surface area contributed by atoms with Gasteiger partial charge in [0.1, 0.15) is 0 Å². The van der Waals surface area contributed by atoms with Crippen molar-refractivity contribution in [2.24, 2.45) is 11.8 Å². The molecule has 3 N–H and O–H groups in total. The largest absolute Gasteiger partial charge is 0.595 e. The van der Waals surface area contributed by atoms with Crippen LogP contribution in [-0.2, 0) is 17.8 Å². The van der Waals surface area contributed by atoms with Gasteiger partial charge in [-0.05, 0) is 36.5 Å². The molecule has 1 saturated heterocycles. The molecule has 5 atom stereocenters. The molecule has 1 aromatic heterocycles. The molecule has 0 amide bonds. The summed E-state index contributed by atoms with van der Waals surface area (Å²) in [6, 6.07) is 10.1. The number of quaternary nitrogens is 1. The highest BCUT2D eigenvalue weighted by atomic mass is 16.8. The van der Waals surface area contributed by atoms with Gasteiger partial charge in [-0.1, -0.05) is 6.07 Å². The molecule has 8 heteroatoms. The van der Waals surface area contributed by atoms with E-state index in [0.29, 0.717) is 19.5 Å². The summed E-state index contributed by atoms with van der Waals surface area (Å²) < 4.78 is 1.80. The number of nitrogens with one attached hydrogen (secondary N) is 1. The van der Waals surface area contributed by atoms with Gasteiger partial charge in [-0.3, -0.25) is 9.59 Å². The Bertz CT molecular complexity index is 1020. The second-order valence-corrected chi connectivity index (χ2v) is 8.03. The van der Waals surface area contributed by atoms with Crippen molar-refractivity contribution >= 4 is 17.3 Å². The van der Waals surface area contributed by atoms with Crippen LogP contribution in [0.25, 0.3) is 0 Å². The van der Waals surface area contributed by atoms with E-state index in [1.807, 2.05) is 12.1 Å². The van der Waals surface area contributed by atoms with E-state index >= 15 is 0 Å². The van der Waals surface area contributed by atoms with Gasteiger partial charge in [0, 0.05) is 54.6 Å². The van der Waals surface area contributed by atoms with Gasteiger partial charge in [-0.2, -0.15) is 5.23 Å². The van der Waals surface area contributed by atoms with E-state index in [1.165, 1.54) is 0 Å². The minimum absolute atomic E-state index is 0.0326. The first-order valence-corrected chi connectivity index (χ1v) is 9.49. The SMILES string of the molecule is O=C(O)C1Cc2cc([NH+]([O-])O)ccc2N2CC3CC(Cn4c3cccc4=O)C12. The summed E-state index contributed by atoms with van der Waals surface area (Å²) in [5.74, 6) is -1.27. The zero-order valence-electron chi connectivity index (χ0n) is 15.1.